The van der Waals surface area contributed by atoms with Crippen molar-refractivity contribution in [3.05, 3.63) is 61.8 Å². The molecular weight excluding hydrogens is 364 g/mol. The molecule has 0 radical (unpaired) electrons. The normalized spacial score (nSPS) is 14.9. The molecule has 0 saturated carbocycles. The zero-order chi connectivity index (χ0) is 19.1. The molecule has 3 aromatic rings. The van der Waals surface area contributed by atoms with Crippen molar-refractivity contribution in [2.24, 2.45) is 14.1 Å². The molecule has 2 aromatic heterocycles. The molecule has 0 aliphatic carbocycles. The summed E-state index contributed by atoms with van der Waals surface area (Å²) in [5, 5.41) is 0.672. The van der Waals surface area contributed by atoms with E-state index in [-0.39, 0.29) is 11.2 Å². The van der Waals surface area contributed by atoms with Gasteiger partial charge in [-0.25, -0.2) is 4.79 Å². The second kappa shape index (κ2) is 6.93. The molecule has 0 bridgehead atoms. The van der Waals surface area contributed by atoms with Gasteiger partial charge in [-0.3, -0.25) is 13.9 Å². The van der Waals surface area contributed by atoms with Crippen LogP contribution in [0.4, 0.5) is 5.82 Å². The first-order valence-electron chi connectivity index (χ1n) is 9.26. The smallest absolute Gasteiger partial charge is 0.331 e. The monoisotopic (exact) mass is 386 g/mol. The minimum absolute atomic E-state index is 0.275. The van der Waals surface area contributed by atoms with Crippen molar-refractivity contribution < 1.29 is 0 Å². The number of aromatic nitrogens is 3. The van der Waals surface area contributed by atoms with Gasteiger partial charge in [0.2, 0.25) is 0 Å². The van der Waals surface area contributed by atoms with Gasteiger partial charge in [-0.2, -0.15) is 0 Å². The number of nitrogens with zero attached hydrogens (tertiary/aromatic N) is 4. The van der Waals surface area contributed by atoms with Crippen LogP contribution in [-0.4, -0.2) is 26.8 Å². The highest BCUT2D eigenvalue weighted by Gasteiger charge is 2.22. The Hall–Kier alpha value is -2.47. The number of anilines is 1. The third kappa shape index (κ3) is 2.98. The van der Waals surface area contributed by atoms with E-state index in [9.17, 15) is 9.59 Å². The van der Waals surface area contributed by atoms with Crippen molar-refractivity contribution in [3.63, 3.8) is 0 Å². The van der Waals surface area contributed by atoms with E-state index in [4.69, 9.17) is 11.6 Å². The maximum absolute atomic E-state index is 13.0. The van der Waals surface area contributed by atoms with Crippen LogP contribution in [0.25, 0.3) is 11.0 Å². The van der Waals surface area contributed by atoms with Gasteiger partial charge in [0.05, 0.1) is 12.1 Å². The van der Waals surface area contributed by atoms with Crippen LogP contribution in [0.1, 0.15) is 24.8 Å². The van der Waals surface area contributed by atoms with Crippen LogP contribution in [0.5, 0.6) is 0 Å². The zero-order valence-corrected chi connectivity index (χ0v) is 16.4. The molecule has 1 aliphatic heterocycles. The average molecular weight is 387 g/mol. The van der Waals surface area contributed by atoms with E-state index in [1.54, 1.807) is 11.6 Å². The summed E-state index contributed by atoms with van der Waals surface area (Å²) in [7, 11) is 3.24. The Balaban J connectivity index is 1.99. The van der Waals surface area contributed by atoms with Crippen molar-refractivity contribution in [2.45, 2.75) is 25.8 Å². The molecule has 7 heteroatoms. The van der Waals surface area contributed by atoms with E-state index < -0.39 is 0 Å². The Labute approximate surface area is 162 Å². The van der Waals surface area contributed by atoms with Crippen molar-refractivity contribution in [1.29, 1.82) is 0 Å². The van der Waals surface area contributed by atoms with Crippen molar-refractivity contribution in [1.82, 2.24) is 13.7 Å². The third-order valence-corrected chi connectivity index (χ3v) is 5.83. The summed E-state index contributed by atoms with van der Waals surface area (Å²) in [5.41, 5.74) is 1.57. The van der Waals surface area contributed by atoms with Crippen molar-refractivity contribution >= 4 is 28.5 Å². The molecule has 142 valence electrons. The van der Waals surface area contributed by atoms with Crippen LogP contribution >= 0.6 is 11.6 Å². The summed E-state index contributed by atoms with van der Waals surface area (Å²) in [5.74, 6) is 0.975. The molecule has 4 rings (SSSR count). The summed E-state index contributed by atoms with van der Waals surface area (Å²) >= 11 is 6.39. The first-order valence-corrected chi connectivity index (χ1v) is 9.64. The summed E-state index contributed by atoms with van der Waals surface area (Å²) in [4.78, 5) is 27.7. The average Bonchev–Trinajstić information content (AvgIpc) is 3.06. The first kappa shape index (κ1) is 17.9. The molecule has 0 spiro atoms. The fourth-order valence-corrected chi connectivity index (χ4v) is 4.11. The number of aryl methyl sites for hydroxylation is 1. The Bertz CT molecular complexity index is 1120. The quantitative estimate of drug-likeness (QED) is 0.695. The largest absolute Gasteiger partial charge is 0.358 e. The fourth-order valence-electron chi connectivity index (χ4n) is 3.92. The van der Waals surface area contributed by atoms with Gasteiger partial charge >= 0.3 is 5.69 Å². The van der Waals surface area contributed by atoms with E-state index in [2.05, 4.69) is 4.90 Å². The van der Waals surface area contributed by atoms with Gasteiger partial charge in [0.25, 0.3) is 5.56 Å². The maximum atomic E-state index is 13.0. The third-order valence-electron chi connectivity index (χ3n) is 5.46. The van der Waals surface area contributed by atoms with E-state index in [1.807, 2.05) is 34.9 Å². The lowest BCUT2D eigenvalue weighted by atomic mass is 10.1. The molecule has 27 heavy (non-hydrogen) atoms. The summed E-state index contributed by atoms with van der Waals surface area (Å²) in [6.07, 6.45) is 3.48. The van der Waals surface area contributed by atoms with Crippen molar-refractivity contribution in [2.75, 3.05) is 18.0 Å². The number of halogens is 1. The van der Waals surface area contributed by atoms with Crippen LogP contribution in [0, 0.1) is 0 Å². The predicted molar refractivity (Wildman–Crippen MR) is 109 cm³/mol. The van der Waals surface area contributed by atoms with Gasteiger partial charge in [0.1, 0.15) is 11.3 Å². The second-order valence-corrected chi connectivity index (χ2v) is 7.57. The molecule has 0 N–H and O–H groups in total. The standard InChI is InChI=1S/C20H23ClN4O2/c1-22-16-12-17(24-10-6-3-7-11-24)25(13-14-8-4-5-9-15(14)21)18(16)19(26)23(2)20(22)27/h4-5,8-9,12H,3,6-7,10-11,13H2,1-2H3. The Kier molecular flexibility index (Phi) is 4.60. The van der Waals surface area contributed by atoms with Gasteiger partial charge < -0.3 is 9.47 Å². The summed E-state index contributed by atoms with van der Waals surface area (Å²) in [6, 6.07) is 9.65. The number of benzene rings is 1. The molecular formula is C20H23ClN4O2. The molecule has 6 nitrogen and oxygen atoms in total. The van der Waals surface area contributed by atoms with E-state index in [0.29, 0.717) is 22.6 Å². The van der Waals surface area contributed by atoms with E-state index in [0.717, 1.165) is 37.3 Å². The summed E-state index contributed by atoms with van der Waals surface area (Å²) in [6.45, 7) is 2.39. The van der Waals surface area contributed by atoms with Gasteiger partial charge in [-0.1, -0.05) is 29.8 Å². The molecule has 0 atom stereocenters. The summed E-state index contributed by atoms with van der Waals surface area (Å²) < 4.78 is 4.74. The van der Waals surface area contributed by atoms with Crippen LogP contribution in [0.2, 0.25) is 5.02 Å². The highest BCUT2D eigenvalue weighted by atomic mass is 35.5. The lowest BCUT2D eigenvalue weighted by molar-refractivity contribution is 0.565. The minimum Gasteiger partial charge on any atom is -0.358 e. The topological polar surface area (TPSA) is 52.2 Å². The fraction of sp³-hybridized carbons (Fsp3) is 0.400. The lowest BCUT2D eigenvalue weighted by Gasteiger charge is -2.29. The Morgan fingerprint density at radius 2 is 1.70 bits per heavy atom. The molecule has 1 saturated heterocycles. The predicted octanol–water partition coefficient (Wildman–Crippen LogP) is 2.73. The van der Waals surface area contributed by atoms with Gasteiger partial charge in [0, 0.05) is 38.3 Å². The number of rotatable bonds is 3. The Morgan fingerprint density at radius 1 is 1.00 bits per heavy atom. The molecule has 1 fully saturated rings. The molecule has 3 heterocycles. The maximum Gasteiger partial charge on any atom is 0.331 e. The first-order chi connectivity index (χ1) is 13.0. The van der Waals surface area contributed by atoms with Gasteiger partial charge in [0.15, 0.2) is 0 Å². The lowest BCUT2D eigenvalue weighted by Crippen LogP contribution is -2.37. The number of fused-ring (bicyclic) bond motifs is 1. The Morgan fingerprint density at radius 3 is 2.41 bits per heavy atom. The SMILES string of the molecule is Cn1c(=O)c2c(cc(N3CCCCC3)n2Cc2ccccc2Cl)n(C)c1=O. The number of hydrogen-bond donors (Lipinski definition) is 0. The highest BCUT2D eigenvalue weighted by molar-refractivity contribution is 6.31. The van der Waals surface area contributed by atoms with Crippen LogP contribution in [0.15, 0.2) is 39.9 Å². The van der Waals surface area contributed by atoms with E-state index >= 15 is 0 Å². The van der Waals surface area contributed by atoms with Crippen LogP contribution < -0.4 is 16.1 Å². The number of hydrogen-bond acceptors (Lipinski definition) is 3. The molecule has 0 amide bonds. The van der Waals surface area contributed by atoms with Gasteiger partial charge in [-0.05, 0) is 30.9 Å². The second-order valence-electron chi connectivity index (χ2n) is 7.17. The van der Waals surface area contributed by atoms with Gasteiger partial charge in [-0.15, -0.1) is 0 Å². The van der Waals surface area contributed by atoms with Crippen LogP contribution in [0.3, 0.4) is 0 Å². The number of piperidine rings is 1. The highest BCUT2D eigenvalue weighted by Crippen LogP contribution is 2.28. The molecule has 0 unspecified atom stereocenters. The minimum atomic E-state index is -0.312. The van der Waals surface area contributed by atoms with Crippen LogP contribution in [-0.2, 0) is 20.6 Å². The molecule has 1 aromatic carbocycles. The van der Waals surface area contributed by atoms with Crippen molar-refractivity contribution in [3.8, 4) is 0 Å². The van der Waals surface area contributed by atoms with E-state index in [1.165, 1.54) is 18.0 Å². The molecule has 1 aliphatic rings. The zero-order valence-electron chi connectivity index (χ0n) is 15.6.